The number of aromatic amines is 1. The number of carbonyl (C=O) groups is 1. The number of anilines is 3. The molecule has 1 aromatic carbocycles. The molecule has 0 unspecified atom stereocenters. The van der Waals surface area contributed by atoms with E-state index in [-0.39, 0.29) is 11.7 Å². The number of nitrogens with two attached hydrogens (primary N) is 1. The summed E-state index contributed by atoms with van der Waals surface area (Å²) in [4.78, 5) is 24.4. The van der Waals surface area contributed by atoms with E-state index in [9.17, 15) is 4.79 Å². The Morgan fingerprint density at radius 3 is 2.64 bits per heavy atom. The van der Waals surface area contributed by atoms with Gasteiger partial charge in [0.2, 0.25) is 5.95 Å². The Bertz CT molecular complexity index is 934. The van der Waals surface area contributed by atoms with Gasteiger partial charge in [0, 0.05) is 24.5 Å². The van der Waals surface area contributed by atoms with Crippen molar-refractivity contribution in [1.82, 2.24) is 30.5 Å². The third-order valence-electron chi connectivity index (χ3n) is 3.61. The van der Waals surface area contributed by atoms with E-state index in [4.69, 9.17) is 5.73 Å². The maximum absolute atomic E-state index is 11.7. The molecule has 0 fully saturated rings. The topological polar surface area (TPSA) is 134 Å². The van der Waals surface area contributed by atoms with Crippen molar-refractivity contribution in [3.63, 3.8) is 0 Å². The first kappa shape index (κ1) is 16.4. The maximum Gasteiger partial charge on any atom is 0.251 e. The zero-order valence-corrected chi connectivity index (χ0v) is 14.1. The summed E-state index contributed by atoms with van der Waals surface area (Å²) in [6.45, 7) is 3.66. The first-order valence-corrected chi connectivity index (χ1v) is 7.59. The lowest BCUT2D eigenvalue weighted by Crippen LogP contribution is -2.18. The van der Waals surface area contributed by atoms with E-state index in [0.29, 0.717) is 28.7 Å². The van der Waals surface area contributed by atoms with Crippen LogP contribution in [0, 0.1) is 13.8 Å². The van der Waals surface area contributed by atoms with Gasteiger partial charge in [0.1, 0.15) is 11.6 Å². The number of hydrogen-bond acceptors (Lipinski definition) is 7. The van der Waals surface area contributed by atoms with Gasteiger partial charge in [0.15, 0.2) is 5.82 Å². The Balaban J connectivity index is 1.83. The summed E-state index contributed by atoms with van der Waals surface area (Å²) in [7, 11) is 1.60. The van der Waals surface area contributed by atoms with Gasteiger partial charge in [-0.25, -0.2) is 9.97 Å². The molecule has 0 bridgehead atoms. The minimum absolute atomic E-state index is 0.129. The van der Waals surface area contributed by atoms with Crippen LogP contribution in [0.4, 0.5) is 17.5 Å². The predicted octanol–water partition coefficient (Wildman–Crippen LogP) is 1.56. The number of nitrogens with one attached hydrogen (secondary N) is 3. The maximum atomic E-state index is 11.7. The molecule has 0 aliphatic carbocycles. The molecule has 5 N–H and O–H groups in total. The number of H-pyrrole nitrogens is 1. The van der Waals surface area contributed by atoms with Crippen LogP contribution in [-0.4, -0.2) is 38.1 Å². The molecule has 2 aromatic heterocycles. The number of nitrogen functional groups attached to an aromatic ring is 1. The highest BCUT2D eigenvalue weighted by atomic mass is 16.1. The molecule has 3 aromatic rings. The van der Waals surface area contributed by atoms with Crippen molar-refractivity contribution in [3.05, 3.63) is 41.3 Å². The summed E-state index contributed by atoms with van der Waals surface area (Å²) in [5.41, 5.74) is 8.75. The highest BCUT2D eigenvalue weighted by Crippen LogP contribution is 2.23. The third kappa shape index (κ3) is 3.39. The number of hydrogen-bond donors (Lipinski definition) is 4. The lowest BCUT2D eigenvalue weighted by Gasteiger charge is -2.10. The molecular weight excluding hydrogens is 320 g/mol. The van der Waals surface area contributed by atoms with E-state index in [1.807, 2.05) is 13.0 Å². The molecule has 0 saturated heterocycles. The molecule has 0 spiro atoms. The zero-order chi connectivity index (χ0) is 18.0. The van der Waals surface area contributed by atoms with Gasteiger partial charge in [-0.1, -0.05) is 0 Å². The summed E-state index contributed by atoms with van der Waals surface area (Å²) in [6, 6.07) is 5.37. The molecule has 0 atom stereocenters. The molecule has 25 heavy (non-hydrogen) atoms. The van der Waals surface area contributed by atoms with Crippen molar-refractivity contribution in [2.45, 2.75) is 13.8 Å². The van der Waals surface area contributed by atoms with Crippen LogP contribution in [0.3, 0.4) is 0 Å². The number of benzene rings is 1. The van der Waals surface area contributed by atoms with Gasteiger partial charge >= 0.3 is 0 Å². The number of rotatable bonds is 4. The van der Waals surface area contributed by atoms with Crippen LogP contribution >= 0.6 is 0 Å². The molecule has 0 aliphatic heterocycles. The number of aromatic nitrogens is 5. The summed E-state index contributed by atoms with van der Waals surface area (Å²) >= 11 is 0. The Hall–Kier alpha value is -3.49. The van der Waals surface area contributed by atoms with E-state index in [1.54, 1.807) is 32.3 Å². The minimum Gasteiger partial charge on any atom is -0.383 e. The summed E-state index contributed by atoms with van der Waals surface area (Å²) < 4.78 is 0. The smallest absolute Gasteiger partial charge is 0.251 e. The fraction of sp³-hybridized carbons (Fsp3) is 0.188. The van der Waals surface area contributed by atoms with Crippen molar-refractivity contribution in [3.8, 4) is 11.4 Å². The van der Waals surface area contributed by atoms with Gasteiger partial charge in [-0.2, -0.15) is 10.1 Å². The zero-order valence-electron chi connectivity index (χ0n) is 14.1. The van der Waals surface area contributed by atoms with E-state index < -0.39 is 0 Å². The highest BCUT2D eigenvalue weighted by Gasteiger charge is 2.12. The average molecular weight is 338 g/mol. The average Bonchev–Trinajstić information content (AvgIpc) is 3.00. The Labute approximate surface area is 144 Å². The Kier molecular flexibility index (Phi) is 4.29. The van der Waals surface area contributed by atoms with Crippen molar-refractivity contribution in [2.24, 2.45) is 0 Å². The molecule has 0 aliphatic rings. The molecule has 1 amide bonds. The largest absolute Gasteiger partial charge is 0.383 e. The standard InChI is InChI=1S/C16H18N8O/c1-8-6-10(4-5-11(8)15(25)18-3)21-16-19-7-12(13(17)22-16)14-20-9(2)23-24-14/h4-7H,1-3H3,(H,18,25)(H,20,23,24)(H3,17,19,21,22). The van der Waals surface area contributed by atoms with Crippen molar-refractivity contribution < 1.29 is 4.79 Å². The fourth-order valence-electron chi connectivity index (χ4n) is 2.35. The summed E-state index contributed by atoms with van der Waals surface area (Å²) in [5, 5.41) is 12.5. The summed E-state index contributed by atoms with van der Waals surface area (Å²) in [5.74, 6) is 1.63. The lowest BCUT2D eigenvalue weighted by atomic mass is 10.1. The molecule has 9 heteroatoms. The second-order valence-corrected chi connectivity index (χ2v) is 5.47. The van der Waals surface area contributed by atoms with E-state index >= 15 is 0 Å². The SMILES string of the molecule is CNC(=O)c1ccc(Nc2ncc(-c3n[nH]c(C)n3)c(N)n2)cc1C. The quantitative estimate of drug-likeness (QED) is 0.567. The third-order valence-corrected chi connectivity index (χ3v) is 3.61. The van der Waals surface area contributed by atoms with Crippen molar-refractivity contribution in [1.29, 1.82) is 0 Å². The van der Waals surface area contributed by atoms with Crippen LogP contribution < -0.4 is 16.4 Å². The number of nitrogens with zero attached hydrogens (tertiary/aromatic N) is 4. The predicted molar refractivity (Wildman–Crippen MR) is 94.4 cm³/mol. The molecule has 9 nitrogen and oxygen atoms in total. The normalized spacial score (nSPS) is 10.5. The summed E-state index contributed by atoms with van der Waals surface area (Å²) in [6.07, 6.45) is 1.57. The van der Waals surface area contributed by atoms with Crippen LogP contribution in [0.1, 0.15) is 21.7 Å². The van der Waals surface area contributed by atoms with Crippen LogP contribution in [0.2, 0.25) is 0 Å². The second kappa shape index (κ2) is 6.56. The molecular formula is C16H18N8O. The van der Waals surface area contributed by atoms with Crippen molar-refractivity contribution in [2.75, 3.05) is 18.1 Å². The van der Waals surface area contributed by atoms with Gasteiger partial charge in [-0.05, 0) is 37.6 Å². The fourth-order valence-corrected chi connectivity index (χ4v) is 2.35. The Morgan fingerprint density at radius 1 is 1.24 bits per heavy atom. The van der Waals surface area contributed by atoms with Crippen LogP contribution in [0.25, 0.3) is 11.4 Å². The molecule has 0 saturated carbocycles. The van der Waals surface area contributed by atoms with Crippen LogP contribution in [-0.2, 0) is 0 Å². The molecule has 128 valence electrons. The highest BCUT2D eigenvalue weighted by molar-refractivity contribution is 5.95. The van der Waals surface area contributed by atoms with E-state index in [2.05, 4.69) is 35.8 Å². The monoisotopic (exact) mass is 338 g/mol. The van der Waals surface area contributed by atoms with E-state index in [1.165, 1.54) is 0 Å². The molecule has 0 radical (unpaired) electrons. The molecule has 3 rings (SSSR count). The van der Waals surface area contributed by atoms with Gasteiger partial charge in [-0.3, -0.25) is 9.89 Å². The number of aryl methyl sites for hydroxylation is 2. The van der Waals surface area contributed by atoms with Crippen LogP contribution in [0.15, 0.2) is 24.4 Å². The minimum atomic E-state index is -0.129. The second-order valence-electron chi connectivity index (χ2n) is 5.47. The lowest BCUT2D eigenvalue weighted by molar-refractivity contribution is 0.0962. The Morgan fingerprint density at radius 2 is 2.04 bits per heavy atom. The van der Waals surface area contributed by atoms with E-state index in [0.717, 1.165) is 11.3 Å². The van der Waals surface area contributed by atoms with Gasteiger partial charge in [0.05, 0.1) is 5.56 Å². The van der Waals surface area contributed by atoms with Crippen LogP contribution in [0.5, 0.6) is 0 Å². The van der Waals surface area contributed by atoms with Gasteiger partial charge < -0.3 is 16.4 Å². The van der Waals surface area contributed by atoms with Gasteiger partial charge in [-0.15, -0.1) is 0 Å². The first-order valence-electron chi connectivity index (χ1n) is 7.59. The van der Waals surface area contributed by atoms with Gasteiger partial charge in [0.25, 0.3) is 5.91 Å². The number of carbonyl (C=O) groups excluding carboxylic acids is 1. The number of amides is 1. The molecule has 2 heterocycles. The van der Waals surface area contributed by atoms with Crippen molar-refractivity contribution >= 4 is 23.4 Å². The first-order chi connectivity index (χ1) is 12.0.